The normalized spacial score (nSPS) is 17.2. The highest BCUT2D eigenvalue weighted by atomic mass is 16.5. The maximum atomic E-state index is 12.3. The summed E-state index contributed by atoms with van der Waals surface area (Å²) in [5, 5.41) is 11.4. The molecule has 1 saturated heterocycles. The van der Waals surface area contributed by atoms with Crippen LogP contribution in [0.3, 0.4) is 0 Å². The van der Waals surface area contributed by atoms with Crippen LogP contribution in [-0.2, 0) is 4.79 Å². The second-order valence-corrected chi connectivity index (χ2v) is 6.47. The summed E-state index contributed by atoms with van der Waals surface area (Å²) in [6.45, 7) is 10.5. The van der Waals surface area contributed by atoms with Gasteiger partial charge in [-0.05, 0) is 38.7 Å². The van der Waals surface area contributed by atoms with E-state index in [-0.39, 0.29) is 17.9 Å². The number of piperidine rings is 1. The van der Waals surface area contributed by atoms with Gasteiger partial charge in [0.15, 0.2) is 5.82 Å². The van der Waals surface area contributed by atoms with Gasteiger partial charge in [-0.15, -0.1) is 10.2 Å². The zero-order valence-electron chi connectivity index (χ0n) is 14.6. The van der Waals surface area contributed by atoms with Crippen LogP contribution in [0.2, 0.25) is 0 Å². The zero-order chi connectivity index (χ0) is 16.8. The SMILES string of the molecule is CCOc1ccc(N2CCC(C(=O)N[C@@H](C)C(C)C)CC2)nn1. The van der Waals surface area contributed by atoms with Gasteiger partial charge in [-0.25, -0.2) is 0 Å². The van der Waals surface area contributed by atoms with Crippen molar-refractivity contribution in [1.29, 1.82) is 0 Å². The number of aromatic nitrogens is 2. The molecule has 1 aromatic rings. The Kier molecular flexibility index (Phi) is 6.19. The molecule has 1 aliphatic rings. The van der Waals surface area contributed by atoms with Gasteiger partial charge < -0.3 is 15.0 Å². The highest BCUT2D eigenvalue weighted by molar-refractivity contribution is 5.79. The summed E-state index contributed by atoms with van der Waals surface area (Å²) in [5.41, 5.74) is 0. The van der Waals surface area contributed by atoms with Crippen LogP contribution < -0.4 is 15.0 Å². The molecule has 1 aromatic heterocycles. The molecule has 0 spiro atoms. The molecule has 0 saturated carbocycles. The molecule has 6 heteroatoms. The van der Waals surface area contributed by atoms with Crippen LogP contribution in [-0.4, -0.2) is 41.8 Å². The quantitative estimate of drug-likeness (QED) is 0.871. The molecule has 1 atom stereocenters. The third-order valence-corrected chi connectivity index (χ3v) is 4.48. The summed E-state index contributed by atoms with van der Waals surface area (Å²) < 4.78 is 5.31. The molecule has 23 heavy (non-hydrogen) atoms. The first-order chi connectivity index (χ1) is 11.0. The lowest BCUT2D eigenvalue weighted by molar-refractivity contribution is -0.126. The van der Waals surface area contributed by atoms with E-state index in [9.17, 15) is 4.79 Å². The Morgan fingerprint density at radius 2 is 2.00 bits per heavy atom. The van der Waals surface area contributed by atoms with Crippen molar-refractivity contribution in [3.63, 3.8) is 0 Å². The number of hydrogen-bond donors (Lipinski definition) is 1. The molecular formula is C17H28N4O2. The highest BCUT2D eigenvalue weighted by Gasteiger charge is 2.26. The third kappa shape index (κ3) is 4.81. The van der Waals surface area contributed by atoms with Crippen LogP contribution >= 0.6 is 0 Å². The lowest BCUT2D eigenvalue weighted by Gasteiger charge is -2.32. The summed E-state index contributed by atoms with van der Waals surface area (Å²) in [6.07, 6.45) is 1.71. The monoisotopic (exact) mass is 320 g/mol. The molecule has 0 bridgehead atoms. The van der Waals surface area contributed by atoms with Crippen molar-refractivity contribution in [2.75, 3.05) is 24.6 Å². The number of nitrogens with zero attached hydrogens (tertiary/aromatic N) is 3. The van der Waals surface area contributed by atoms with Gasteiger partial charge in [-0.2, -0.15) is 0 Å². The van der Waals surface area contributed by atoms with E-state index in [2.05, 4.69) is 41.2 Å². The van der Waals surface area contributed by atoms with E-state index in [4.69, 9.17) is 4.74 Å². The van der Waals surface area contributed by atoms with Crippen molar-refractivity contribution in [2.45, 2.75) is 46.6 Å². The molecule has 0 aromatic carbocycles. The summed E-state index contributed by atoms with van der Waals surface area (Å²) in [4.78, 5) is 14.5. The lowest BCUT2D eigenvalue weighted by atomic mass is 9.95. The standard InChI is InChI=1S/C17H28N4O2/c1-5-23-16-7-6-15(19-20-16)21-10-8-14(9-11-21)17(22)18-13(4)12(2)3/h6-7,12-14H,5,8-11H2,1-4H3,(H,18,22)/t13-/m0/s1. The Morgan fingerprint density at radius 1 is 1.30 bits per heavy atom. The first-order valence-corrected chi connectivity index (χ1v) is 8.53. The fourth-order valence-electron chi connectivity index (χ4n) is 2.59. The molecule has 1 fully saturated rings. The molecule has 0 aliphatic carbocycles. The molecule has 128 valence electrons. The first kappa shape index (κ1) is 17.5. The van der Waals surface area contributed by atoms with E-state index in [1.807, 2.05) is 19.1 Å². The third-order valence-electron chi connectivity index (χ3n) is 4.48. The number of nitrogens with one attached hydrogen (secondary N) is 1. The molecule has 1 aliphatic heterocycles. The summed E-state index contributed by atoms with van der Waals surface area (Å²) >= 11 is 0. The van der Waals surface area contributed by atoms with Crippen molar-refractivity contribution in [3.8, 4) is 5.88 Å². The maximum Gasteiger partial charge on any atom is 0.233 e. The smallest absolute Gasteiger partial charge is 0.233 e. The minimum absolute atomic E-state index is 0.100. The number of carbonyl (C=O) groups excluding carboxylic acids is 1. The highest BCUT2D eigenvalue weighted by Crippen LogP contribution is 2.22. The van der Waals surface area contributed by atoms with E-state index in [1.165, 1.54) is 0 Å². The van der Waals surface area contributed by atoms with Crippen LogP contribution in [0.15, 0.2) is 12.1 Å². The van der Waals surface area contributed by atoms with Crippen LogP contribution in [0.4, 0.5) is 5.82 Å². The summed E-state index contributed by atoms with van der Waals surface area (Å²) in [7, 11) is 0. The predicted octanol–water partition coefficient (Wildman–Crippen LogP) is 2.25. The summed E-state index contributed by atoms with van der Waals surface area (Å²) in [5.74, 6) is 2.14. The van der Waals surface area contributed by atoms with Gasteiger partial charge in [0, 0.05) is 31.1 Å². The summed E-state index contributed by atoms with van der Waals surface area (Å²) in [6, 6.07) is 3.99. The van der Waals surface area contributed by atoms with Crippen molar-refractivity contribution in [1.82, 2.24) is 15.5 Å². The van der Waals surface area contributed by atoms with E-state index < -0.39 is 0 Å². The number of hydrogen-bond acceptors (Lipinski definition) is 5. The second-order valence-electron chi connectivity index (χ2n) is 6.47. The van der Waals surface area contributed by atoms with E-state index in [1.54, 1.807) is 0 Å². The molecule has 6 nitrogen and oxygen atoms in total. The molecule has 2 rings (SSSR count). The van der Waals surface area contributed by atoms with Gasteiger partial charge in [0.25, 0.3) is 0 Å². The lowest BCUT2D eigenvalue weighted by Crippen LogP contribution is -2.44. The maximum absolute atomic E-state index is 12.3. The molecule has 0 unspecified atom stereocenters. The fraction of sp³-hybridized carbons (Fsp3) is 0.706. The van der Waals surface area contributed by atoms with Gasteiger partial charge in [0.1, 0.15) is 0 Å². The van der Waals surface area contributed by atoms with Crippen molar-refractivity contribution < 1.29 is 9.53 Å². The van der Waals surface area contributed by atoms with Crippen molar-refractivity contribution in [3.05, 3.63) is 12.1 Å². The zero-order valence-corrected chi connectivity index (χ0v) is 14.6. The first-order valence-electron chi connectivity index (χ1n) is 8.53. The van der Waals surface area contributed by atoms with E-state index in [0.29, 0.717) is 18.4 Å². The van der Waals surface area contributed by atoms with Gasteiger partial charge in [0.2, 0.25) is 11.8 Å². The Balaban J connectivity index is 1.84. The number of anilines is 1. The molecule has 1 amide bonds. The molecule has 0 radical (unpaired) electrons. The van der Waals surface area contributed by atoms with E-state index >= 15 is 0 Å². The molecule has 1 N–H and O–H groups in total. The van der Waals surface area contributed by atoms with Crippen molar-refractivity contribution >= 4 is 11.7 Å². The van der Waals surface area contributed by atoms with Crippen LogP contribution in [0.5, 0.6) is 5.88 Å². The average molecular weight is 320 g/mol. The Morgan fingerprint density at radius 3 is 2.52 bits per heavy atom. The van der Waals surface area contributed by atoms with Gasteiger partial charge in [-0.1, -0.05) is 13.8 Å². The Hall–Kier alpha value is -1.85. The largest absolute Gasteiger partial charge is 0.477 e. The van der Waals surface area contributed by atoms with Gasteiger partial charge in [-0.3, -0.25) is 4.79 Å². The van der Waals surface area contributed by atoms with Crippen molar-refractivity contribution in [2.24, 2.45) is 11.8 Å². The minimum Gasteiger partial charge on any atom is -0.477 e. The number of rotatable bonds is 6. The van der Waals surface area contributed by atoms with Gasteiger partial charge >= 0.3 is 0 Å². The second kappa shape index (κ2) is 8.13. The fourth-order valence-corrected chi connectivity index (χ4v) is 2.59. The Bertz CT molecular complexity index is 496. The number of ether oxygens (including phenoxy) is 1. The van der Waals surface area contributed by atoms with Crippen LogP contribution in [0.1, 0.15) is 40.5 Å². The minimum atomic E-state index is 0.100. The number of amides is 1. The molecular weight excluding hydrogens is 292 g/mol. The topological polar surface area (TPSA) is 67.3 Å². The number of carbonyl (C=O) groups is 1. The van der Waals surface area contributed by atoms with E-state index in [0.717, 1.165) is 31.7 Å². The van der Waals surface area contributed by atoms with Gasteiger partial charge in [0.05, 0.1) is 6.61 Å². The van der Waals surface area contributed by atoms with Crippen LogP contribution in [0.25, 0.3) is 0 Å². The van der Waals surface area contributed by atoms with Crippen LogP contribution in [0, 0.1) is 11.8 Å². The average Bonchev–Trinajstić information content (AvgIpc) is 2.56. The Labute approximate surface area is 138 Å². The molecule has 2 heterocycles. The predicted molar refractivity (Wildman–Crippen MR) is 90.6 cm³/mol.